The number of nitrogens with zero attached hydrogens (tertiary/aromatic N) is 2. The minimum Gasteiger partial charge on any atom is -0.464 e. The van der Waals surface area contributed by atoms with Gasteiger partial charge in [-0.1, -0.05) is 44.2 Å². The van der Waals surface area contributed by atoms with Crippen LogP contribution in [0, 0.1) is 12.8 Å². The molecule has 0 saturated heterocycles. The van der Waals surface area contributed by atoms with Crippen LogP contribution < -0.4 is 10.6 Å². The molecule has 3 rings (SSSR count). The Balaban J connectivity index is 1.75. The van der Waals surface area contributed by atoms with Crippen LogP contribution >= 0.6 is 0 Å². The van der Waals surface area contributed by atoms with Crippen LogP contribution in [0.4, 0.5) is 10.5 Å². The van der Waals surface area contributed by atoms with Crippen molar-refractivity contribution in [2.75, 3.05) is 12.4 Å². The number of benzene rings is 1. The lowest BCUT2D eigenvalue weighted by Gasteiger charge is -2.20. The van der Waals surface area contributed by atoms with Gasteiger partial charge in [-0.25, -0.2) is 14.6 Å². The van der Waals surface area contributed by atoms with Crippen molar-refractivity contribution in [1.29, 1.82) is 0 Å². The van der Waals surface area contributed by atoms with E-state index in [0.717, 1.165) is 5.56 Å². The predicted octanol–water partition coefficient (Wildman–Crippen LogP) is 3.71. The third-order valence-corrected chi connectivity index (χ3v) is 4.99. The van der Waals surface area contributed by atoms with Gasteiger partial charge in [-0.15, -0.1) is 0 Å². The molecule has 0 fully saturated rings. The number of hydrogen-bond acceptors (Lipinski definition) is 6. The standard InChI is InChI=1S/C24H28N4O5/c1-15(2)13-19(27-24(31)33-14-17-9-6-5-7-10-17)22(29)26-18-11-8-12-28-20(23(30)32-4)16(3)25-21(18)28/h5-12,15,19H,13-14H2,1-4H3,(H,26,29)(H,27,31)/t19-/m0/s1. The lowest BCUT2D eigenvalue weighted by atomic mass is 10.0. The Morgan fingerprint density at radius 3 is 2.48 bits per heavy atom. The molecular formula is C24H28N4O5. The highest BCUT2D eigenvalue weighted by Crippen LogP contribution is 2.21. The molecule has 2 aromatic heterocycles. The number of hydrogen-bond donors (Lipinski definition) is 2. The zero-order valence-corrected chi connectivity index (χ0v) is 19.1. The highest BCUT2D eigenvalue weighted by molar-refractivity contribution is 6.00. The Bertz CT molecular complexity index is 1140. The predicted molar refractivity (Wildman–Crippen MR) is 123 cm³/mol. The van der Waals surface area contributed by atoms with Crippen LogP contribution in [0.2, 0.25) is 0 Å². The number of aromatic nitrogens is 2. The van der Waals surface area contributed by atoms with Crippen molar-refractivity contribution < 1.29 is 23.9 Å². The number of nitrogens with one attached hydrogen (secondary N) is 2. The monoisotopic (exact) mass is 452 g/mol. The van der Waals surface area contributed by atoms with Gasteiger partial charge in [0.2, 0.25) is 5.91 Å². The molecule has 174 valence electrons. The molecule has 1 atom stereocenters. The summed E-state index contributed by atoms with van der Waals surface area (Å²) in [4.78, 5) is 42.0. The van der Waals surface area contributed by atoms with E-state index in [1.54, 1.807) is 29.7 Å². The van der Waals surface area contributed by atoms with Crippen LogP contribution in [0.1, 0.15) is 42.0 Å². The SMILES string of the molecule is COC(=O)c1c(C)nc2c(NC(=O)[C@H](CC(C)C)NC(=O)OCc3ccccc3)cccn12. The summed E-state index contributed by atoms with van der Waals surface area (Å²) in [5.41, 5.74) is 2.42. The van der Waals surface area contributed by atoms with Crippen LogP contribution in [0.25, 0.3) is 5.65 Å². The van der Waals surface area contributed by atoms with Gasteiger partial charge in [0.15, 0.2) is 11.3 Å². The second-order valence-corrected chi connectivity index (χ2v) is 8.03. The number of anilines is 1. The molecule has 33 heavy (non-hydrogen) atoms. The summed E-state index contributed by atoms with van der Waals surface area (Å²) in [7, 11) is 1.30. The number of fused-ring (bicyclic) bond motifs is 1. The molecule has 2 amide bonds. The molecule has 0 aliphatic carbocycles. The first-order valence-corrected chi connectivity index (χ1v) is 10.6. The first-order chi connectivity index (χ1) is 15.8. The Hall–Kier alpha value is -3.88. The lowest BCUT2D eigenvalue weighted by Crippen LogP contribution is -2.44. The van der Waals surface area contributed by atoms with Gasteiger partial charge in [-0.05, 0) is 37.0 Å². The van der Waals surface area contributed by atoms with Gasteiger partial charge in [-0.3, -0.25) is 9.20 Å². The van der Waals surface area contributed by atoms with Gasteiger partial charge >= 0.3 is 12.1 Å². The maximum atomic E-state index is 13.1. The second-order valence-electron chi connectivity index (χ2n) is 8.03. The molecule has 9 nitrogen and oxygen atoms in total. The molecule has 0 spiro atoms. The molecule has 0 saturated carbocycles. The molecule has 0 bridgehead atoms. The van der Waals surface area contributed by atoms with Gasteiger partial charge in [-0.2, -0.15) is 0 Å². The molecule has 3 aromatic rings. The Morgan fingerprint density at radius 2 is 1.82 bits per heavy atom. The number of pyridine rings is 1. The van der Waals surface area contributed by atoms with E-state index in [4.69, 9.17) is 9.47 Å². The zero-order valence-electron chi connectivity index (χ0n) is 19.1. The number of rotatable bonds is 8. The van der Waals surface area contributed by atoms with Gasteiger partial charge in [0.05, 0.1) is 18.5 Å². The highest BCUT2D eigenvalue weighted by atomic mass is 16.5. The average Bonchev–Trinajstić information content (AvgIpc) is 3.14. The molecule has 1 aromatic carbocycles. The van der Waals surface area contributed by atoms with Gasteiger partial charge in [0.1, 0.15) is 12.6 Å². The number of carbonyl (C=O) groups excluding carboxylic acids is 3. The first kappa shape index (κ1) is 23.8. The smallest absolute Gasteiger partial charge is 0.408 e. The van der Waals surface area contributed by atoms with E-state index in [0.29, 0.717) is 23.4 Å². The normalized spacial score (nSPS) is 11.8. The maximum Gasteiger partial charge on any atom is 0.408 e. The summed E-state index contributed by atoms with van der Waals surface area (Å²) < 4.78 is 11.7. The van der Waals surface area contributed by atoms with E-state index in [1.807, 2.05) is 44.2 Å². The van der Waals surface area contributed by atoms with Crippen LogP contribution in [0.15, 0.2) is 48.7 Å². The van der Waals surface area contributed by atoms with Crippen molar-refractivity contribution in [2.45, 2.75) is 39.8 Å². The summed E-state index contributed by atoms with van der Waals surface area (Å²) >= 11 is 0. The fourth-order valence-electron chi connectivity index (χ4n) is 3.45. The number of imidazole rings is 1. The summed E-state index contributed by atoms with van der Waals surface area (Å²) in [6, 6.07) is 11.8. The minimum absolute atomic E-state index is 0.103. The van der Waals surface area contributed by atoms with E-state index >= 15 is 0 Å². The highest BCUT2D eigenvalue weighted by Gasteiger charge is 2.25. The van der Waals surface area contributed by atoms with Crippen LogP contribution in [-0.4, -0.2) is 40.5 Å². The van der Waals surface area contributed by atoms with Crippen LogP contribution in [0.5, 0.6) is 0 Å². The fourth-order valence-corrected chi connectivity index (χ4v) is 3.45. The number of methoxy groups -OCH3 is 1. The number of esters is 1. The summed E-state index contributed by atoms with van der Waals surface area (Å²) in [6.07, 6.45) is 1.40. The molecule has 0 aliphatic rings. The maximum absolute atomic E-state index is 13.1. The molecule has 9 heteroatoms. The minimum atomic E-state index is -0.815. The Morgan fingerprint density at radius 1 is 1.09 bits per heavy atom. The molecule has 0 radical (unpaired) electrons. The van der Waals surface area contributed by atoms with E-state index in [-0.39, 0.29) is 18.2 Å². The van der Waals surface area contributed by atoms with Gasteiger partial charge in [0.25, 0.3) is 0 Å². The number of aryl methyl sites for hydroxylation is 1. The molecule has 2 N–H and O–H groups in total. The van der Waals surface area contributed by atoms with E-state index in [2.05, 4.69) is 15.6 Å². The van der Waals surface area contributed by atoms with Crippen LogP contribution in [-0.2, 0) is 20.9 Å². The second kappa shape index (κ2) is 10.6. The third kappa shape index (κ3) is 5.88. The number of alkyl carbamates (subject to hydrolysis) is 1. The van der Waals surface area contributed by atoms with Gasteiger partial charge < -0.3 is 20.1 Å². The van der Waals surface area contributed by atoms with Crippen molar-refractivity contribution in [3.05, 3.63) is 65.6 Å². The average molecular weight is 453 g/mol. The number of amides is 2. The fraction of sp³-hybridized carbons (Fsp3) is 0.333. The van der Waals surface area contributed by atoms with Crippen LogP contribution in [0.3, 0.4) is 0 Å². The quantitative estimate of drug-likeness (QED) is 0.504. The van der Waals surface area contributed by atoms with E-state index in [9.17, 15) is 14.4 Å². The molecule has 2 heterocycles. The van der Waals surface area contributed by atoms with Crippen molar-refractivity contribution in [1.82, 2.24) is 14.7 Å². The summed E-state index contributed by atoms with van der Waals surface area (Å²) in [5.74, 6) is -0.789. The molecule has 0 unspecified atom stereocenters. The first-order valence-electron chi connectivity index (χ1n) is 10.6. The molecule has 0 aliphatic heterocycles. The summed E-state index contributed by atoms with van der Waals surface area (Å²) in [5, 5.41) is 5.48. The van der Waals surface area contributed by atoms with E-state index in [1.165, 1.54) is 7.11 Å². The van der Waals surface area contributed by atoms with Crippen molar-refractivity contribution in [3.8, 4) is 0 Å². The van der Waals surface area contributed by atoms with E-state index < -0.39 is 24.0 Å². The topological polar surface area (TPSA) is 111 Å². The Kier molecular flexibility index (Phi) is 7.66. The third-order valence-electron chi connectivity index (χ3n) is 4.99. The summed E-state index contributed by atoms with van der Waals surface area (Å²) in [6.45, 7) is 5.71. The number of carbonyl (C=O) groups is 3. The molecular weight excluding hydrogens is 424 g/mol. The van der Waals surface area contributed by atoms with Crippen molar-refractivity contribution >= 4 is 29.3 Å². The van der Waals surface area contributed by atoms with Gasteiger partial charge in [0, 0.05) is 6.20 Å². The van der Waals surface area contributed by atoms with Crippen molar-refractivity contribution in [2.24, 2.45) is 5.92 Å². The largest absolute Gasteiger partial charge is 0.464 e. The Labute approximate surface area is 192 Å². The zero-order chi connectivity index (χ0) is 24.0. The number of ether oxygens (including phenoxy) is 2. The van der Waals surface area contributed by atoms with Crippen molar-refractivity contribution in [3.63, 3.8) is 0 Å². The lowest BCUT2D eigenvalue weighted by molar-refractivity contribution is -0.118.